The predicted octanol–water partition coefficient (Wildman–Crippen LogP) is 3.42. The summed E-state index contributed by atoms with van der Waals surface area (Å²) in [5.74, 6) is -0.480. The molecule has 8 heteroatoms. The fraction of sp³-hybridized carbons (Fsp3) is 0.348. The van der Waals surface area contributed by atoms with Crippen molar-refractivity contribution in [2.45, 2.75) is 33.2 Å². The number of amides is 3. The minimum atomic E-state index is -0.720. The molecule has 3 N–H and O–H groups in total. The lowest BCUT2D eigenvalue weighted by atomic mass is 10.0. The molecule has 0 bridgehead atoms. The van der Waals surface area contributed by atoms with E-state index < -0.39 is 6.04 Å². The zero-order valence-corrected chi connectivity index (χ0v) is 19.5. The molecule has 1 unspecified atom stereocenters. The first-order valence-corrected chi connectivity index (χ1v) is 10.9. The maximum atomic E-state index is 12.5. The number of halogens is 1. The molecule has 7 nitrogen and oxygen atoms in total. The molecule has 0 aliphatic carbocycles. The van der Waals surface area contributed by atoms with Crippen LogP contribution in [-0.2, 0) is 14.4 Å². The van der Waals surface area contributed by atoms with Crippen LogP contribution >= 0.6 is 15.9 Å². The average Bonchev–Trinajstić information content (AvgIpc) is 2.73. The highest BCUT2D eigenvalue weighted by molar-refractivity contribution is 9.10. The van der Waals surface area contributed by atoms with Crippen molar-refractivity contribution in [2.24, 2.45) is 5.92 Å². The Hall–Kier alpha value is -2.87. The van der Waals surface area contributed by atoms with Crippen LogP contribution in [0.25, 0.3) is 0 Å². The minimum Gasteiger partial charge on any atom is -0.484 e. The largest absolute Gasteiger partial charge is 0.484 e. The maximum absolute atomic E-state index is 12.5. The van der Waals surface area contributed by atoms with Crippen molar-refractivity contribution >= 4 is 39.3 Å². The molecule has 2 aromatic rings. The predicted molar refractivity (Wildman–Crippen MR) is 124 cm³/mol. The number of hydrogen-bond acceptors (Lipinski definition) is 4. The fourth-order valence-electron chi connectivity index (χ4n) is 2.77. The summed E-state index contributed by atoms with van der Waals surface area (Å²) in [6, 6.07) is 13.9. The van der Waals surface area contributed by atoms with E-state index in [-0.39, 0.29) is 43.2 Å². The van der Waals surface area contributed by atoms with Gasteiger partial charge in [-0.25, -0.2) is 0 Å². The summed E-state index contributed by atoms with van der Waals surface area (Å²) in [6.45, 7) is 5.56. The SMILES string of the molecule is Cc1ccc(Br)cc1NC(=O)CCNC(=O)C(NC(=O)COc1ccccc1)C(C)C. The minimum absolute atomic E-state index is 0.119. The van der Waals surface area contributed by atoms with E-state index in [9.17, 15) is 14.4 Å². The van der Waals surface area contributed by atoms with Crippen LogP contribution < -0.4 is 20.7 Å². The van der Waals surface area contributed by atoms with E-state index in [1.165, 1.54) is 0 Å². The Balaban J connectivity index is 1.78. The van der Waals surface area contributed by atoms with Crippen molar-refractivity contribution in [3.05, 3.63) is 58.6 Å². The van der Waals surface area contributed by atoms with Crippen LogP contribution in [0, 0.1) is 12.8 Å². The molecule has 0 fully saturated rings. The first-order chi connectivity index (χ1) is 14.8. The Bertz CT molecular complexity index is 903. The van der Waals surface area contributed by atoms with E-state index in [0.717, 1.165) is 15.7 Å². The number of benzene rings is 2. The Labute approximate surface area is 191 Å². The maximum Gasteiger partial charge on any atom is 0.258 e. The molecule has 1 atom stereocenters. The summed E-state index contributed by atoms with van der Waals surface area (Å²) < 4.78 is 6.28. The summed E-state index contributed by atoms with van der Waals surface area (Å²) in [7, 11) is 0. The molecule has 0 aliphatic rings. The van der Waals surface area contributed by atoms with Gasteiger partial charge in [-0.15, -0.1) is 0 Å². The molecular formula is C23H28BrN3O4. The standard InChI is InChI=1S/C23H28BrN3O4/c1-15(2)22(27-21(29)14-31-18-7-5-4-6-8-18)23(30)25-12-11-20(28)26-19-13-17(24)10-9-16(19)3/h4-10,13,15,22H,11-12,14H2,1-3H3,(H,25,30)(H,26,28)(H,27,29). The van der Waals surface area contributed by atoms with Crippen LogP contribution in [0.4, 0.5) is 5.69 Å². The number of para-hydroxylation sites is 1. The Morgan fingerprint density at radius 3 is 2.42 bits per heavy atom. The second-order valence-electron chi connectivity index (χ2n) is 7.44. The molecule has 0 spiro atoms. The van der Waals surface area contributed by atoms with E-state index in [0.29, 0.717) is 5.75 Å². The van der Waals surface area contributed by atoms with E-state index in [2.05, 4.69) is 31.9 Å². The summed E-state index contributed by atoms with van der Waals surface area (Å²) in [4.78, 5) is 36.9. The third-order valence-electron chi connectivity index (χ3n) is 4.50. The third-order valence-corrected chi connectivity index (χ3v) is 5.00. The van der Waals surface area contributed by atoms with Gasteiger partial charge in [0.05, 0.1) is 0 Å². The highest BCUT2D eigenvalue weighted by atomic mass is 79.9. The van der Waals surface area contributed by atoms with Crippen LogP contribution in [0.3, 0.4) is 0 Å². The number of aryl methyl sites for hydroxylation is 1. The van der Waals surface area contributed by atoms with Crippen LogP contribution in [0.2, 0.25) is 0 Å². The Kier molecular flexibility index (Phi) is 9.52. The molecule has 0 saturated carbocycles. The summed E-state index contributed by atoms with van der Waals surface area (Å²) in [5.41, 5.74) is 1.66. The monoisotopic (exact) mass is 489 g/mol. The van der Waals surface area contributed by atoms with Crippen LogP contribution in [-0.4, -0.2) is 36.9 Å². The number of carbonyl (C=O) groups is 3. The van der Waals surface area contributed by atoms with Gasteiger partial charge in [0, 0.05) is 23.1 Å². The van der Waals surface area contributed by atoms with Crippen molar-refractivity contribution < 1.29 is 19.1 Å². The number of rotatable bonds is 10. The van der Waals surface area contributed by atoms with Gasteiger partial charge in [0.25, 0.3) is 5.91 Å². The van der Waals surface area contributed by atoms with Crippen molar-refractivity contribution in [1.82, 2.24) is 10.6 Å². The fourth-order valence-corrected chi connectivity index (χ4v) is 3.13. The lowest BCUT2D eigenvalue weighted by Gasteiger charge is -2.21. The highest BCUT2D eigenvalue weighted by Gasteiger charge is 2.24. The lowest BCUT2D eigenvalue weighted by molar-refractivity contribution is -0.131. The zero-order valence-electron chi connectivity index (χ0n) is 17.9. The number of carbonyl (C=O) groups excluding carboxylic acids is 3. The molecule has 2 aromatic carbocycles. The number of ether oxygens (including phenoxy) is 1. The van der Waals surface area contributed by atoms with Gasteiger partial charge in [-0.2, -0.15) is 0 Å². The second kappa shape index (κ2) is 12.1. The van der Waals surface area contributed by atoms with Crippen molar-refractivity contribution in [3.63, 3.8) is 0 Å². The molecule has 166 valence electrons. The number of hydrogen-bond donors (Lipinski definition) is 3. The normalized spacial score (nSPS) is 11.5. The average molecular weight is 490 g/mol. The van der Waals surface area contributed by atoms with Gasteiger partial charge in [0.2, 0.25) is 11.8 Å². The van der Waals surface area contributed by atoms with Crippen LogP contribution in [0.1, 0.15) is 25.8 Å². The van der Waals surface area contributed by atoms with Gasteiger partial charge >= 0.3 is 0 Å². The first-order valence-electron chi connectivity index (χ1n) is 10.1. The molecule has 0 aromatic heterocycles. The topological polar surface area (TPSA) is 96.5 Å². The second-order valence-corrected chi connectivity index (χ2v) is 8.36. The van der Waals surface area contributed by atoms with Gasteiger partial charge in [-0.1, -0.05) is 54.0 Å². The number of nitrogens with one attached hydrogen (secondary N) is 3. The summed E-state index contributed by atoms with van der Waals surface area (Å²) in [5, 5.41) is 8.25. The smallest absolute Gasteiger partial charge is 0.258 e. The zero-order chi connectivity index (χ0) is 22.8. The molecule has 31 heavy (non-hydrogen) atoms. The van der Waals surface area contributed by atoms with Gasteiger partial charge in [-0.3, -0.25) is 14.4 Å². The molecule has 3 amide bonds. The highest BCUT2D eigenvalue weighted by Crippen LogP contribution is 2.20. The van der Waals surface area contributed by atoms with Crippen molar-refractivity contribution in [3.8, 4) is 5.75 Å². The first kappa shape index (κ1) is 24.4. The van der Waals surface area contributed by atoms with E-state index in [4.69, 9.17) is 4.74 Å². The summed E-state index contributed by atoms with van der Waals surface area (Å²) >= 11 is 3.38. The van der Waals surface area contributed by atoms with Gasteiger partial charge in [0.1, 0.15) is 11.8 Å². The van der Waals surface area contributed by atoms with Crippen LogP contribution in [0.15, 0.2) is 53.0 Å². The quantitative estimate of drug-likeness (QED) is 0.476. The van der Waals surface area contributed by atoms with Crippen molar-refractivity contribution in [1.29, 1.82) is 0 Å². The van der Waals surface area contributed by atoms with Gasteiger partial charge < -0.3 is 20.7 Å². The Morgan fingerprint density at radius 1 is 1.03 bits per heavy atom. The van der Waals surface area contributed by atoms with E-state index in [1.54, 1.807) is 12.1 Å². The molecule has 2 rings (SSSR count). The molecule has 0 heterocycles. The summed E-state index contributed by atoms with van der Waals surface area (Å²) in [6.07, 6.45) is 0.119. The molecule has 0 radical (unpaired) electrons. The van der Waals surface area contributed by atoms with Crippen LogP contribution in [0.5, 0.6) is 5.75 Å². The number of anilines is 1. The van der Waals surface area contributed by atoms with Crippen molar-refractivity contribution in [2.75, 3.05) is 18.5 Å². The Morgan fingerprint density at radius 2 is 1.74 bits per heavy atom. The van der Waals surface area contributed by atoms with E-state index in [1.807, 2.05) is 57.2 Å². The molecular weight excluding hydrogens is 462 g/mol. The molecule has 0 saturated heterocycles. The van der Waals surface area contributed by atoms with Gasteiger partial charge in [0.15, 0.2) is 6.61 Å². The molecule has 0 aliphatic heterocycles. The lowest BCUT2D eigenvalue weighted by Crippen LogP contribution is -2.51. The third kappa shape index (κ3) is 8.41. The van der Waals surface area contributed by atoms with E-state index >= 15 is 0 Å². The van der Waals surface area contributed by atoms with Gasteiger partial charge in [-0.05, 0) is 42.7 Å².